The number of benzene rings is 1. The van der Waals surface area contributed by atoms with E-state index in [1.165, 1.54) is 42.3 Å². The summed E-state index contributed by atoms with van der Waals surface area (Å²) in [5.74, 6) is 0.984. The molecule has 1 aliphatic rings. The highest BCUT2D eigenvalue weighted by Gasteiger charge is 2.16. The van der Waals surface area contributed by atoms with Gasteiger partial charge in [0.05, 0.1) is 11.2 Å². The number of aromatic nitrogens is 2. The van der Waals surface area contributed by atoms with E-state index < -0.39 is 0 Å². The second kappa shape index (κ2) is 5.74. The minimum atomic E-state index is 0.889. The lowest BCUT2D eigenvalue weighted by molar-refractivity contribution is 0.292. The first-order valence-corrected chi connectivity index (χ1v) is 7.53. The van der Waals surface area contributed by atoms with E-state index in [9.17, 15) is 0 Å². The lowest BCUT2D eigenvalue weighted by Gasteiger charge is -2.25. The highest BCUT2D eigenvalue weighted by Crippen LogP contribution is 2.28. The first-order valence-electron chi connectivity index (χ1n) is 7.53. The van der Waals surface area contributed by atoms with Crippen LogP contribution >= 0.6 is 0 Å². The fourth-order valence-electron chi connectivity index (χ4n) is 2.86. The molecule has 0 spiro atoms. The molecule has 0 radical (unpaired) electrons. The van der Waals surface area contributed by atoms with E-state index in [1.807, 2.05) is 0 Å². The van der Waals surface area contributed by atoms with Crippen molar-refractivity contribution in [2.24, 2.45) is 5.92 Å². The average molecular weight is 257 g/mol. The van der Waals surface area contributed by atoms with Gasteiger partial charge in [0, 0.05) is 18.5 Å². The smallest absolute Gasteiger partial charge is 0.0841 e. The van der Waals surface area contributed by atoms with E-state index in [0.717, 1.165) is 25.6 Å². The fourth-order valence-corrected chi connectivity index (χ4v) is 2.86. The van der Waals surface area contributed by atoms with Crippen LogP contribution in [0.15, 0.2) is 24.3 Å². The molecule has 19 heavy (non-hydrogen) atoms. The molecule has 1 aliphatic carbocycles. The molecular formula is C16H23N3. The molecular weight excluding hydrogens is 234 g/mol. The Hall–Kier alpha value is -1.35. The molecule has 0 aliphatic heterocycles. The maximum atomic E-state index is 4.71. The van der Waals surface area contributed by atoms with Gasteiger partial charge in [-0.25, -0.2) is 0 Å². The highest BCUT2D eigenvalue weighted by molar-refractivity contribution is 5.81. The van der Waals surface area contributed by atoms with Gasteiger partial charge in [0.2, 0.25) is 0 Å². The Morgan fingerprint density at radius 2 is 2.16 bits per heavy atom. The largest absolute Gasteiger partial charge is 0.311 e. The van der Waals surface area contributed by atoms with Gasteiger partial charge in [-0.05, 0) is 31.9 Å². The van der Waals surface area contributed by atoms with Crippen molar-refractivity contribution in [1.29, 1.82) is 0 Å². The van der Waals surface area contributed by atoms with Crippen molar-refractivity contribution in [3.8, 4) is 0 Å². The van der Waals surface area contributed by atoms with Crippen LogP contribution < -0.4 is 5.32 Å². The average Bonchev–Trinajstić information content (AvgIpc) is 2.75. The molecule has 1 aromatic heterocycles. The van der Waals surface area contributed by atoms with Gasteiger partial charge in [0.25, 0.3) is 0 Å². The number of nitrogens with one attached hydrogen (secondary N) is 1. The highest BCUT2D eigenvalue weighted by atomic mass is 15.3. The molecule has 3 heteroatoms. The summed E-state index contributed by atoms with van der Waals surface area (Å²) in [6, 6.07) is 8.52. The van der Waals surface area contributed by atoms with Crippen LogP contribution in [-0.4, -0.2) is 16.3 Å². The Morgan fingerprint density at radius 3 is 2.89 bits per heavy atom. The van der Waals surface area contributed by atoms with Gasteiger partial charge >= 0.3 is 0 Å². The summed E-state index contributed by atoms with van der Waals surface area (Å²) in [4.78, 5) is 0. The molecule has 3 nitrogen and oxygen atoms in total. The Kier molecular flexibility index (Phi) is 3.83. The first kappa shape index (κ1) is 12.7. The second-order valence-corrected chi connectivity index (χ2v) is 5.54. The Balaban J connectivity index is 1.63. The van der Waals surface area contributed by atoms with Crippen molar-refractivity contribution < 1.29 is 0 Å². The lowest BCUT2D eigenvalue weighted by atomic mass is 9.83. The van der Waals surface area contributed by atoms with E-state index in [-0.39, 0.29) is 0 Å². The zero-order chi connectivity index (χ0) is 13.1. The number of aryl methyl sites for hydroxylation is 1. The van der Waals surface area contributed by atoms with Gasteiger partial charge in [-0.15, -0.1) is 0 Å². The molecule has 0 unspecified atom stereocenters. The Labute approximate surface area is 115 Å². The molecule has 0 bridgehead atoms. The zero-order valence-electron chi connectivity index (χ0n) is 11.7. The summed E-state index contributed by atoms with van der Waals surface area (Å²) >= 11 is 0. The summed E-state index contributed by atoms with van der Waals surface area (Å²) in [5.41, 5.74) is 2.44. The molecule has 1 heterocycles. The molecule has 1 aromatic carbocycles. The summed E-state index contributed by atoms with van der Waals surface area (Å²) in [5, 5.41) is 9.56. The lowest BCUT2D eigenvalue weighted by Crippen LogP contribution is -2.21. The maximum absolute atomic E-state index is 4.71. The molecule has 0 atom stereocenters. The minimum absolute atomic E-state index is 0.889. The Bertz CT molecular complexity index is 540. The van der Waals surface area contributed by atoms with Gasteiger partial charge in [-0.2, -0.15) is 5.10 Å². The van der Waals surface area contributed by atoms with E-state index in [1.54, 1.807) is 0 Å². The van der Waals surface area contributed by atoms with Crippen molar-refractivity contribution in [1.82, 2.24) is 15.1 Å². The molecule has 1 fully saturated rings. The Morgan fingerprint density at radius 1 is 1.32 bits per heavy atom. The van der Waals surface area contributed by atoms with E-state index in [2.05, 4.69) is 41.2 Å². The normalized spacial score (nSPS) is 15.8. The van der Waals surface area contributed by atoms with Gasteiger partial charge in [-0.1, -0.05) is 37.5 Å². The van der Waals surface area contributed by atoms with Crippen LogP contribution in [0.3, 0.4) is 0 Å². The van der Waals surface area contributed by atoms with Gasteiger partial charge in [0.1, 0.15) is 0 Å². The van der Waals surface area contributed by atoms with E-state index in [0.29, 0.717) is 0 Å². The third-order valence-electron chi connectivity index (χ3n) is 4.28. The number of hydrogen-bond acceptors (Lipinski definition) is 2. The predicted octanol–water partition coefficient (Wildman–Crippen LogP) is 3.34. The minimum Gasteiger partial charge on any atom is -0.311 e. The second-order valence-electron chi connectivity index (χ2n) is 5.54. The van der Waals surface area contributed by atoms with Crippen LogP contribution in [0.1, 0.15) is 38.3 Å². The van der Waals surface area contributed by atoms with Crippen molar-refractivity contribution in [3.05, 3.63) is 30.0 Å². The summed E-state index contributed by atoms with van der Waals surface area (Å²) in [6.45, 7) is 5.09. The van der Waals surface area contributed by atoms with Gasteiger partial charge in [0.15, 0.2) is 0 Å². The molecule has 2 aromatic rings. The summed E-state index contributed by atoms with van der Waals surface area (Å²) in [6.07, 6.45) is 5.65. The van der Waals surface area contributed by atoms with Crippen LogP contribution in [0, 0.1) is 5.92 Å². The monoisotopic (exact) mass is 257 g/mol. The molecule has 3 rings (SSSR count). The number of rotatable bonds is 6. The molecule has 0 amide bonds. The van der Waals surface area contributed by atoms with Crippen LogP contribution in [0.5, 0.6) is 0 Å². The zero-order valence-corrected chi connectivity index (χ0v) is 11.7. The molecule has 1 N–H and O–H groups in total. The van der Waals surface area contributed by atoms with Crippen molar-refractivity contribution in [2.75, 3.05) is 6.54 Å². The van der Waals surface area contributed by atoms with Crippen molar-refractivity contribution in [3.63, 3.8) is 0 Å². The first-order chi connectivity index (χ1) is 9.38. The maximum Gasteiger partial charge on any atom is 0.0841 e. The standard InChI is InChI=1S/C16H23N3/c1-2-19-16-9-4-3-8-14(16)15(18-19)12-17-11-10-13-6-5-7-13/h3-4,8-9,13,17H,2,5-7,10-12H2,1H3. The van der Waals surface area contributed by atoms with Crippen molar-refractivity contribution in [2.45, 2.75) is 45.7 Å². The van der Waals surface area contributed by atoms with Crippen molar-refractivity contribution >= 4 is 10.9 Å². The quantitative estimate of drug-likeness (QED) is 0.804. The van der Waals surface area contributed by atoms with Crippen LogP contribution in [0.25, 0.3) is 10.9 Å². The van der Waals surface area contributed by atoms with Crippen LogP contribution in [0.2, 0.25) is 0 Å². The van der Waals surface area contributed by atoms with Crippen LogP contribution in [0.4, 0.5) is 0 Å². The predicted molar refractivity (Wildman–Crippen MR) is 79.1 cm³/mol. The van der Waals surface area contributed by atoms with Gasteiger partial charge in [-0.3, -0.25) is 4.68 Å². The van der Waals surface area contributed by atoms with E-state index in [4.69, 9.17) is 5.10 Å². The summed E-state index contributed by atoms with van der Waals surface area (Å²) < 4.78 is 2.10. The number of fused-ring (bicyclic) bond motifs is 1. The molecule has 102 valence electrons. The van der Waals surface area contributed by atoms with Gasteiger partial charge < -0.3 is 5.32 Å². The molecule has 1 saturated carbocycles. The number of nitrogens with zero attached hydrogens (tertiary/aromatic N) is 2. The fraction of sp³-hybridized carbons (Fsp3) is 0.562. The molecule has 0 saturated heterocycles. The third-order valence-corrected chi connectivity index (χ3v) is 4.28. The summed E-state index contributed by atoms with van der Waals surface area (Å²) in [7, 11) is 0. The number of hydrogen-bond donors (Lipinski definition) is 1. The number of para-hydroxylation sites is 1. The third kappa shape index (κ3) is 2.66. The van der Waals surface area contributed by atoms with E-state index >= 15 is 0 Å². The SMILES string of the molecule is CCn1nc(CNCCC2CCC2)c2ccccc21. The topological polar surface area (TPSA) is 29.9 Å². The van der Waals surface area contributed by atoms with Crippen LogP contribution in [-0.2, 0) is 13.1 Å².